The lowest BCUT2D eigenvalue weighted by Crippen LogP contribution is -2.00. The summed E-state index contributed by atoms with van der Waals surface area (Å²) in [5.41, 5.74) is 10.3. The van der Waals surface area contributed by atoms with E-state index < -0.39 is 0 Å². The van der Waals surface area contributed by atoms with Crippen LogP contribution in [0.4, 0.5) is 0 Å². The predicted molar refractivity (Wildman–Crippen MR) is 204 cm³/mol. The Morgan fingerprint density at radius 2 is 1.53 bits per heavy atom. The van der Waals surface area contributed by atoms with E-state index in [1.54, 1.807) is 0 Å². The molecule has 3 heterocycles. The first kappa shape index (κ1) is 32.4. The van der Waals surface area contributed by atoms with Gasteiger partial charge in [-0.05, 0) is 104 Å². The number of aromatic nitrogens is 4. The monoisotopic (exact) mass is 646 g/mol. The minimum Gasteiger partial charge on any atom is -0.457 e. The molecule has 4 aromatic carbocycles. The molecule has 49 heavy (non-hydrogen) atoms. The Balaban J connectivity index is 1.26. The van der Waals surface area contributed by atoms with Crippen molar-refractivity contribution in [3.63, 3.8) is 0 Å². The number of nitrogens with zero attached hydrogens (tertiary/aromatic N) is 4. The van der Waals surface area contributed by atoms with Crippen molar-refractivity contribution in [2.75, 3.05) is 0 Å². The van der Waals surface area contributed by atoms with Crippen LogP contribution in [0.3, 0.4) is 0 Å². The second kappa shape index (κ2) is 13.8. The van der Waals surface area contributed by atoms with E-state index in [0.717, 1.165) is 57.8 Å². The highest BCUT2D eigenvalue weighted by atomic mass is 16.5. The zero-order chi connectivity index (χ0) is 34.1. The fourth-order valence-corrected chi connectivity index (χ4v) is 7.04. The van der Waals surface area contributed by atoms with E-state index in [9.17, 15) is 0 Å². The van der Waals surface area contributed by atoms with Crippen molar-refractivity contribution in [1.82, 2.24) is 19.3 Å². The number of unbranched alkanes of at least 4 members (excludes halogenated alkanes) is 1. The van der Waals surface area contributed by atoms with Crippen LogP contribution in [-0.4, -0.2) is 19.3 Å². The third-order valence-electron chi connectivity index (χ3n) is 9.62. The highest BCUT2D eigenvalue weighted by Gasteiger charge is 2.18. The van der Waals surface area contributed by atoms with Crippen LogP contribution in [0.2, 0.25) is 0 Å². The number of hydrogen-bond acceptors (Lipinski definition) is 3. The number of pyridine rings is 1. The minimum atomic E-state index is 0.407. The van der Waals surface area contributed by atoms with Gasteiger partial charge in [-0.25, -0.2) is 9.67 Å². The first-order valence-electron chi connectivity index (χ1n) is 17.7. The van der Waals surface area contributed by atoms with Crippen LogP contribution >= 0.6 is 0 Å². The van der Waals surface area contributed by atoms with Crippen LogP contribution in [0, 0.1) is 19.8 Å². The summed E-state index contributed by atoms with van der Waals surface area (Å²) in [7, 11) is 0. The number of aryl methyl sites for hydroxylation is 2. The molecular formula is C44H46N4O. The maximum Gasteiger partial charge on any atom is 0.137 e. The SMILES string of the molecule is Cc1nn(-c2cccc(Oc3ccc4c5cc(CCCCC(C)C)ccc5n(-c5cc(C(C)C)ccn5)c4c3)c2)c(C)c1-c1ccccc1. The average molecular weight is 647 g/mol. The van der Waals surface area contributed by atoms with Crippen molar-refractivity contribution in [2.24, 2.45) is 5.92 Å². The zero-order valence-corrected chi connectivity index (χ0v) is 29.6. The van der Waals surface area contributed by atoms with E-state index in [0.29, 0.717) is 5.92 Å². The van der Waals surface area contributed by atoms with E-state index in [1.807, 2.05) is 29.1 Å². The highest BCUT2D eigenvalue weighted by Crippen LogP contribution is 2.37. The first-order valence-corrected chi connectivity index (χ1v) is 17.7. The summed E-state index contributed by atoms with van der Waals surface area (Å²) in [6.07, 6.45) is 6.78. The Bertz CT molecular complexity index is 2240. The molecule has 0 N–H and O–H groups in total. The largest absolute Gasteiger partial charge is 0.457 e. The van der Waals surface area contributed by atoms with Gasteiger partial charge in [0.05, 0.1) is 22.4 Å². The van der Waals surface area contributed by atoms with Crippen LogP contribution in [0.5, 0.6) is 11.5 Å². The summed E-state index contributed by atoms with van der Waals surface area (Å²) in [5, 5.41) is 7.38. The van der Waals surface area contributed by atoms with Gasteiger partial charge in [0.2, 0.25) is 0 Å². The fraction of sp³-hybridized carbons (Fsp3) is 0.273. The Morgan fingerprint density at radius 1 is 0.714 bits per heavy atom. The van der Waals surface area contributed by atoms with Crippen LogP contribution in [0.15, 0.2) is 109 Å². The molecule has 0 amide bonds. The van der Waals surface area contributed by atoms with Gasteiger partial charge in [0.1, 0.15) is 17.3 Å². The number of rotatable bonds is 11. The van der Waals surface area contributed by atoms with Crippen molar-refractivity contribution in [3.05, 3.63) is 132 Å². The molecule has 0 aliphatic heterocycles. The van der Waals surface area contributed by atoms with Crippen molar-refractivity contribution in [2.45, 2.75) is 73.1 Å². The molecule has 0 aliphatic rings. The molecule has 0 fully saturated rings. The standard InChI is InChI=1S/C44H46N4O/c1-29(2)13-10-11-14-33-19-22-41-40(25-33)39-21-20-38(28-42(39)47(41)43-26-35(30(3)4)23-24-45-43)49-37-18-12-17-36(27-37)48-32(6)44(31(5)46-48)34-15-8-7-9-16-34/h7-9,12,15-30H,10-11,13-14H2,1-6H3. The van der Waals surface area contributed by atoms with Gasteiger partial charge in [0, 0.05) is 40.4 Å². The van der Waals surface area contributed by atoms with E-state index >= 15 is 0 Å². The molecule has 0 radical (unpaired) electrons. The molecule has 0 bridgehead atoms. The third kappa shape index (κ3) is 6.63. The summed E-state index contributed by atoms with van der Waals surface area (Å²) < 4.78 is 10.9. The number of ether oxygens (including phenoxy) is 1. The molecule has 5 nitrogen and oxygen atoms in total. The maximum atomic E-state index is 6.59. The predicted octanol–water partition coefficient (Wildman–Crippen LogP) is 11.9. The molecule has 0 saturated carbocycles. The van der Waals surface area contributed by atoms with Crippen LogP contribution in [-0.2, 0) is 6.42 Å². The smallest absolute Gasteiger partial charge is 0.137 e. The van der Waals surface area contributed by atoms with E-state index in [1.165, 1.54) is 52.3 Å². The molecule has 5 heteroatoms. The van der Waals surface area contributed by atoms with E-state index in [2.05, 4.69) is 131 Å². The molecule has 0 atom stereocenters. The lowest BCUT2D eigenvalue weighted by Gasteiger charge is -2.12. The summed E-state index contributed by atoms with van der Waals surface area (Å²) >= 11 is 0. The summed E-state index contributed by atoms with van der Waals surface area (Å²) in [6.45, 7) is 13.3. The van der Waals surface area contributed by atoms with Gasteiger partial charge < -0.3 is 4.74 Å². The summed E-state index contributed by atoms with van der Waals surface area (Å²) in [6, 6.07) is 36.4. The third-order valence-corrected chi connectivity index (χ3v) is 9.62. The summed E-state index contributed by atoms with van der Waals surface area (Å²) in [4.78, 5) is 4.87. The molecular weight excluding hydrogens is 601 g/mol. The zero-order valence-electron chi connectivity index (χ0n) is 29.6. The summed E-state index contributed by atoms with van der Waals surface area (Å²) in [5.74, 6) is 3.62. The molecule has 7 rings (SSSR count). The quantitative estimate of drug-likeness (QED) is 0.131. The number of benzene rings is 4. The number of fused-ring (bicyclic) bond motifs is 3. The molecule has 248 valence electrons. The molecule has 0 saturated heterocycles. The van der Waals surface area contributed by atoms with Crippen molar-refractivity contribution in [3.8, 4) is 34.1 Å². The van der Waals surface area contributed by atoms with Gasteiger partial charge in [-0.1, -0.05) is 83.0 Å². The fourth-order valence-electron chi connectivity index (χ4n) is 7.04. The van der Waals surface area contributed by atoms with Gasteiger partial charge in [-0.2, -0.15) is 5.10 Å². The van der Waals surface area contributed by atoms with Gasteiger partial charge >= 0.3 is 0 Å². The molecule has 0 aliphatic carbocycles. The molecule has 0 unspecified atom stereocenters. The van der Waals surface area contributed by atoms with Crippen molar-refractivity contribution >= 4 is 21.8 Å². The minimum absolute atomic E-state index is 0.407. The van der Waals surface area contributed by atoms with Gasteiger partial charge in [0.15, 0.2) is 0 Å². The molecule has 7 aromatic rings. The van der Waals surface area contributed by atoms with Crippen LogP contribution < -0.4 is 4.74 Å². The maximum absolute atomic E-state index is 6.59. The Hall–Kier alpha value is -5.16. The lowest BCUT2D eigenvalue weighted by atomic mass is 10.0. The second-order valence-electron chi connectivity index (χ2n) is 14.0. The first-order chi connectivity index (χ1) is 23.8. The average Bonchev–Trinajstić information content (AvgIpc) is 3.59. The molecule has 3 aromatic heterocycles. The van der Waals surface area contributed by atoms with Gasteiger partial charge in [0.25, 0.3) is 0 Å². The van der Waals surface area contributed by atoms with Crippen molar-refractivity contribution < 1.29 is 4.74 Å². The van der Waals surface area contributed by atoms with Crippen molar-refractivity contribution in [1.29, 1.82) is 0 Å². The van der Waals surface area contributed by atoms with E-state index in [-0.39, 0.29) is 0 Å². The Labute approximate surface area is 290 Å². The van der Waals surface area contributed by atoms with E-state index in [4.69, 9.17) is 14.8 Å². The lowest BCUT2D eigenvalue weighted by molar-refractivity contribution is 0.482. The Kier molecular flexibility index (Phi) is 9.09. The second-order valence-corrected chi connectivity index (χ2v) is 14.0. The highest BCUT2D eigenvalue weighted by molar-refractivity contribution is 6.09. The van der Waals surface area contributed by atoms with Gasteiger partial charge in [-0.3, -0.25) is 4.57 Å². The normalized spacial score (nSPS) is 11.8. The topological polar surface area (TPSA) is 44.9 Å². The molecule has 0 spiro atoms. The number of hydrogen-bond donors (Lipinski definition) is 0. The van der Waals surface area contributed by atoms with Crippen LogP contribution in [0.1, 0.15) is 75.4 Å². The van der Waals surface area contributed by atoms with Gasteiger partial charge in [-0.15, -0.1) is 0 Å². The van der Waals surface area contributed by atoms with Crippen LogP contribution in [0.25, 0.3) is 44.4 Å². The Morgan fingerprint density at radius 3 is 2.33 bits per heavy atom.